The molecule has 1 aromatic rings. The lowest BCUT2D eigenvalue weighted by molar-refractivity contribution is 0.0983. The second-order valence-corrected chi connectivity index (χ2v) is 9.38. The average Bonchev–Trinajstić information content (AvgIpc) is 3.03. The number of urea groups is 1. The predicted octanol–water partition coefficient (Wildman–Crippen LogP) is 3.23. The van der Waals surface area contributed by atoms with Crippen LogP contribution in [-0.2, 0) is 14.6 Å². The number of benzene rings is 1. The van der Waals surface area contributed by atoms with E-state index in [9.17, 15) is 18.3 Å². The number of carbonyl (C=O) groups excluding carboxylic acids is 1. The Morgan fingerprint density at radius 1 is 1.26 bits per heavy atom. The van der Waals surface area contributed by atoms with E-state index in [0.29, 0.717) is 26.1 Å². The standard InChI is InChI=1S/C18H23ClN2O5S/c1-11-3-2-4-14(11)20-18(23)21-15-6-5-13(19)17(16(15)22)27(24,25)12-7-9-26-10-8-12/h3,5-6,12,14,22H,2,4,7-10H2,1H3,(H2,20,21,23)/t14-/m1/s1. The fraction of sp³-hybridized carbons (Fsp3) is 0.500. The number of hydrogen-bond acceptors (Lipinski definition) is 5. The van der Waals surface area contributed by atoms with Gasteiger partial charge in [-0.05, 0) is 44.7 Å². The first-order chi connectivity index (χ1) is 12.8. The molecule has 1 fully saturated rings. The number of nitrogens with one attached hydrogen (secondary N) is 2. The summed E-state index contributed by atoms with van der Waals surface area (Å²) < 4.78 is 31.1. The van der Waals surface area contributed by atoms with Crippen molar-refractivity contribution in [2.45, 2.75) is 48.8 Å². The largest absolute Gasteiger partial charge is 0.504 e. The zero-order valence-corrected chi connectivity index (χ0v) is 16.6. The fourth-order valence-corrected chi connectivity index (χ4v) is 5.76. The van der Waals surface area contributed by atoms with Gasteiger partial charge in [-0.1, -0.05) is 23.3 Å². The average molecular weight is 415 g/mol. The van der Waals surface area contributed by atoms with Crippen LogP contribution in [0.25, 0.3) is 0 Å². The van der Waals surface area contributed by atoms with Crippen LogP contribution in [0, 0.1) is 0 Å². The molecule has 3 rings (SSSR count). The van der Waals surface area contributed by atoms with Crippen molar-refractivity contribution in [2.75, 3.05) is 18.5 Å². The van der Waals surface area contributed by atoms with Gasteiger partial charge >= 0.3 is 6.03 Å². The Balaban J connectivity index is 1.83. The number of allylic oxidation sites excluding steroid dienone is 1. The molecule has 2 aliphatic rings. The van der Waals surface area contributed by atoms with Gasteiger partial charge in [0.05, 0.1) is 22.0 Å². The number of amides is 2. The molecule has 148 valence electrons. The van der Waals surface area contributed by atoms with Crippen LogP contribution in [0.3, 0.4) is 0 Å². The number of rotatable bonds is 4. The van der Waals surface area contributed by atoms with Crippen molar-refractivity contribution in [2.24, 2.45) is 0 Å². The number of halogens is 1. The molecule has 0 bridgehead atoms. The van der Waals surface area contributed by atoms with Crippen LogP contribution >= 0.6 is 11.6 Å². The lowest BCUT2D eigenvalue weighted by Gasteiger charge is -2.23. The van der Waals surface area contributed by atoms with Crippen LogP contribution in [0.4, 0.5) is 10.5 Å². The van der Waals surface area contributed by atoms with E-state index in [1.807, 2.05) is 6.92 Å². The number of phenols is 1. The molecular weight excluding hydrogens is 392 g/mol. The predicted molar refractivity (Wildman–Crippen MR) is 103 cm³/mol. The molecule has 7 nitrogen and oxygen atoms in total. The van der Waals surface area contributed by atoms with Gasteiger partial charge in [-0.2, -0.15) is 0 Å². The van der Waals surface area contributed by atoms with Crippen molar-refractivity contribution < 1.29 is 23.1 Å². The van der Waals surface area contributed by atoms with E-state index in [1.165, 1.54) is 12.1 Å². The Morgan fingerprint density at radius 2 is 1.96 bits per heavy atom. The Bertz CT molecular complexity index is 863. The molecule has 1 saturated heterocycles. The van der Waals surface area contributed by atoms with Crippen LogP contribution in [-0.4, -0.2) is 44.1 Å². The topological polar surface area (TPSA) is 105 Å². The first kappa shape index (κ1) is 20.0. The maximum atomic E-state index is 13.0. The number of hydrogen-bond donors (Lipinski definition) is 3. The third kappa shape index (κ3) is 4.23. The third-order valence-electron chi connectivity index (χ3n) is 5.00. The number of anilines is 1. The Kier molecular flexibility index (Phi) is 5.98. The van der Waals surface area contributed by atoms with E-state index >= 15 is 0 Å². The second-order valence-electron chi connectivity index (χ2n) is 6.81. The molecule has 1 aliphatic heterocycles. The molecule has 9 heteroatoms. The Hall–Kier alpha value is -1.77. The fourth-order valence-electron chi connectivity index (χ4n) is 3.42. The summed E-state index contributed by atoms with van der Waals surface area (Å²) in [6, 6.07) is 2.17. The first-order valence-corrected chi connectivity index (χ1v) is 10.8. The van der Waals surface area contributed by atoms with Gasteiger partial charge < -0.3 is 20.5 Å². The zero-order valence-electron chi connectivity index (χ0n) is 15.0. The zero-order chi connectivity index (χ0) is 19.6. The van der Waals surface area contributed by atoms with E-state index in [0.717, 1.165) is 18.4 Å². The molecule has 1 aliphatic carbocycles. The molecule has 3 N–H and O–H groups in total. The summed E-state index contributed by atoms with van der Waals surface area (Å²) in [5, 5.41) is 15.1. The van der Waals surface area contributed by atoms with E-state index < -0.39 is 26.9 Å². The van der Waals surface area contributed by atoms with Crippen molar-refractivity contribution in [3.05, 3.63) is 28.8 Å². The van der Waals surface area contributed by atoms with Gasteiger partial charge in [-0.15, -0.1) is 0 Å². The minimum Gasteiger partial charge on any atom is -0.504 e. The second kappa shape index (κ2) is 8.08. The highest BCUT2D eigenvalue weighted by Crippen LogP contribution is 2.40. The monoisotopic (exact) mass is 414 g/mol. The molecule has 0 unspecified atom stereocenters. The van der Waals surface area contributed by atoms with Gasteiger partial charge in [0.25, 0.3) is 0 Å². The SMILES string of the molecule is CC1=CCC[C@H]1NC(=O)Nc1ccc(Cl)c(S(=O)(=O)C2CCOCC2)c1O. The van der Waals surface area contributed by atoms with Gasteiger partial charge in [-0.3, -0.25) is 0 Å². The highest BCUT2D eigenvalue weighted by molar-refractivity contribution is 7.92. The molecular formula is C18H23ClN2O5S. The summed E-state index contributed by atoms with van der Waals surface area (Å²) in [5.74, 6) is -0.539. The summed E-state index contributed by atoms with van der Waals surface area (Å²) in [5.41, 5.74) is 1.08. The molecule has 1 aromatic carbocycles. The summed E-state index contributed by atoms with van der Waals surface area (Å²) in [6.07, 6.45) is 4.45. The Labute approximate surface area is 163 Å². The van der Waals surface area contributed by atoms with Crippen molar-refractivity contribution in [1.82, 2.24) is 5.32 Å². The number of sulfone groups is 1. The third-order valence-corrected chi connectivity index (χ3v) is 7.76. The highest BCUT2D eigenvalue weighted by atomic mass is 35.5. The van der Waals surface area contributed by atoms with Crippen molar-refractivity contribution in [3.8, 4) is 5.75 Å². The summed E-state index contributed by atoms with van der Waals surface area (Å²) in [7, 11) is -3.86. The van der Waals surface area contributed by atoms with Gasteiger partial charge in [0.15, 0.2) is 15.6 Å². The summed E-state index contributed by atoms with van der Waals surface area (Å²) in [6.45, 7) is 2.63. The molecule has 27 heavy (non-hydrogen) atoms. The molecule has 0 aromatic heterocycles. The lowest BCUT2D eigenvalue weighted by atomic mass is 10.2. The van der Waals surface area contributed by atoms with Crippen LogP contribution in [0.15, 0.2) is 28.7 Å². The lowest BCUT2D eigenvalue weighted by Crippen LogP contribution is -2.37. The van der Waals surface area contributed by atoms with Crippen molar-refractivity contribution in [1.29, 1.82) is 0 Å². The normalized spacial score (nSPS) is 21.0. The number of carbonyl (C=O) groups is 1. The van der Waals surface area contributed by atoms with Crippen LogP contribution in [0.2, 0.25) is 5.02 Å². The van der Waals surface area contributed by atoms with E-state index in [4.69, 9.17) is 16.3 Å². The molecule has 0 radical (unpaired) electrons. The van der Waals surface area contributed by atoms with Crippen molar-refractivity contribution >= 4 is 33.2 Å². The van der Waals surface area contributed by atoms with Gasteiger partial charge in [0.1, 0.15) is 4.90 Å². The smallest absolute Gasteiger partial charge is 0.319 e. The maximum absolute atomic E-state index is 13.0. The first-order valence-electron chi connectivity index (χ1n) is 8.88. The van der Waals surface area contributed by atoms with Gasteiger partial charge in [0, 0.05) is 13.2 Å². The van der Waals surface area contributed by atoms with E-state index in [-0.39, 0.29) is 21.6 Å². The van der Waals surface area contributed by atoms with Crippen LogP contribution in [0.5, 0.6) is 5.75 Å². The summed E-state index contributed by atoms with van der Waals surface area (Å²) in [4.78, 5) is 11.9. The van der Waals surface area contributed by atoms with E-state index in [2.05, 4.69) is 16.7 Å². The number of phenolic OH excluding ortho intramolecular Hbond substituents is 1. The quantitative estimate of drug-likeness (QED) is 0.518. The van der Waals surface area contributed by atoms with Crippen LogP contribution < -0.4 is 10.6 Å². The minimum absolute atomic E-state index is 0.00200. The molecule has 0 spiro atoms. The molecule has 1 heterocycles. The molecule has 2 amide bonds. The summed E-state index contributed by atoms with van der Waals surface area (Å²) >= 11 is 6.09. The maximum Gasteiger partial charge on any atom is 0.319 e. The van der Waals surface area contributed by atoms with Crippen molar-refractivity contribution in [3.63, 3.8) is 0 Å². The highest BCUT2D eigenvalue weighted by Gasteiger charge is 2.34. The molecule has 0 saturated carbocycles. The Morgan fingerprint density at radius 3 is 2.59 bits per heavy atom. The van der Waals surface area contributed by atoms with E-state index in [1.54, 1.807) is 0 Å². The van der Waals surface area contributed by atoms with Gasteiger partial charge in [-0.25, -0.2) is 13.2 Å². The number of ether oxygens (including phenoxy) is 1. The minimum atomic E-state index is -3.86. The number of aromatic hydroxyl groups is 1. The van der Waals surface area contributed by atoms with Crippen LogP contribution in [0.1, 0.15) is 32.6 Å². The van der Waals surface area contributed by atoms with Gasteiger partial charge in [0.2, 0.25) is 0 Å². The molecule has 1 atom stereocenters.